The number of urea groups is 1. The highest BCUT2D eigenvalue weighted by Gasteiger charge is 2.43. The molecule has 1 saturated heterocycles. The van der Waals surface area contributed by atoms with Crippen molar-refractivity contribution in [3.63, 3.8) is 0 Å². The molecule has 0 atom stereocenters. The maximum Gasteiger partial charge on any atom is 0.325 e. The number of thioether (sulfide) groups is 1. The molecular formula is C16H17N3O2S. The van der Waals surface area contributed by atoms with Gasteiger partial charge in [0.1, 0.15) is 5.54 Å². The largest absolute Gasteiger partial charge is 0.325 e. The Kier molecular flexibility index (Phi) is 3.78. The summed E-state index contributed by atoms with van der Waals surface area (Å²) in [6, 6.07) is 11.6. The van der Waals surface area contributed by atoms with Crippen LogP contribution in [0.4, 0.5) is 4.79 Å². The van der Waals surface area contributed by atoms with E-state index in [4.69, 9.17) is 0 Å². The molecule has 0 saturated carbocycles. The maximum atomic E-state index is 12.1. The molecule has 0 bridgehead atoms. The molecule has 1 aliphatic rings. The van der Waals surface area contributed by atoms with Gasteiger partial charge in [-0.05, 0) is 26.0 Å². The zero-order valence-electron chi connectivity index (χ0n) is 12.5. The van der Waals surface area contributed by atoms with Crippen molar-refractivity contribution < 1.29 is 9.59 Å². The number of rotatable bonds is 4. The van der Waals surface area contributed by atoms with E-state index in [9.17, 15) is 9.59 Å². The predicted octanol–water partition coefficient (Wildman–Crippen LogP) is 2.66. The van der Waals surface area contributed by atoms with Crippen LogP contribution in [0.3, 0.4) is 0 Å². The molecule has 6 heteroatoms. The topological polar surface area (TPSA) is 62.3 Å². The maximum absolute atomic E-state index is 12.1. The van der Waals surface area contributed by atoms with Crippen molar-refractivity contribution in [3.8, 4) is 0 Å². The number of hydrogen-bond donors (Lipinski definition) is 1. The number of fused-ring (bicyclic) bond motifs is 1. The molecule has 1 aromatic carbocycles. The van der Waals surface area contributed by atoms with Gasteiger partial charge in [0.25, 0.3) is 5.91 Å². The monoisotopic (exact) mass is 315 g/mol. The fourth-order valence-electron chi connectivity index (χ4n) is 2.39. The Labute approximate surface area is 133 Å². The molecule has 2 heterocycles. The number of carbonyl (C=O) groups is 2. The third kappa shape index (κ3) is 2.78. The van der Waals surface area contributed by atoms with Crippen LogP contribution in [-0.4, -0.2) is 39.7 Å². The molecule has 0 radical (unpaired) electrons. The van der Waals surface area contributed by atoms with Crippen molar-refractivity contribution >= 4 is 34.6 Å². The quantitative estimate of drug-likeness (QED) is 0.696. The molecule has 1 aliphatic heterocycles. The van der Waals surface area contributed by atoms with Crippen molar-refractivity contribution in [2.24, 2.45) is 0 Å². The number of carbonyl (C=O) groups excluding carboxylic acids is 2. The van der Waals surface area contributed by atoms with Crippen molar-refractivity contribution in [3.05, 3.63) is 36.4 Å². The van der Waals surface area contributed by atoms with E-state index >= 15 is 0 Å². The standard InChI is InChI=1S/C16H17N3O2S/c1-16(2)14(20)19(15(21)18-16)9-10-22-13-8-7-11-5-3-4-6-12(11)17-13/h3-8H,9-10H2,1-2H3,(H,18,21). The number of pyridine rings is 1. The normalized spacial score (nSPS) is 17.1. The summed E-state index contributed by atoms with van der Waals surface area (Å²) in [5.41, 5.74) is 0.145. The van der Waals surface area contributed by atoms with Crippen LogP contribution in [0.15, 0.2) is 41.4 Å². The van der Waals surface area contributed by atoms with Crippen LogP contribution in [0, 0.1) is 0 Å². The van der Waals surface area contributed by atoms with Gasteiger partial charge < -0.3 is 5.32 Å². The Morgan fingerprint density at radius 1 is 1.18 bits per heavy atom. The lowest BCUT2D eigenvalue weighted by Gasteiger charge is -2.15. The molecule has 3 rings (SSSR count). The molecule has 1 aromatic heterocycles. The van der Waals surface area contributed by atoms with Crippen molar-refractivity contribution in [2.75, 3.05) is 12.3 Å². The summed E-state index contributed by atoms with van der Waals surface area (Å²) < 4.78 is 0. The van der Waals surface area contributed by atoms with E-state index < -0.39 is 5.54 Å². The molecule has 22 heavy (non-hydrogen) atoms. The first-order chi connectivity index (χ1) is 10.5. The minimum atomic E-state index is -0.803. The molecule has 1 N–H and O–H groups in total. The van der Waals surface area contributed by atoms with Crippen LogP contribution < -0.4 is 5.32 Å². The molecule has 0 unspecified atom stereocenters. The van der Waals surface area contributed by atoms with Gasteiger partial charge >= 0.3 is 6.03 Å². The minimum Gasteiger partial charge on any atom is -0.324 e. The summed E-state index contributed by atoms with van der Waals surface area (Å²) in [6.07, 6.45) is 0. The number of benzene rings is 1. The zero-order chi connectivity index (χ0) is 15.7. The average Bonchev–Trinajstić information content (AvgIpc) is 2.69. The van der Waals surface area contributed by atoms with E-state index in [1.165, 1.54) is 4.90 Å². The highest BCUT2D eigenvalue weighted by atomic mass is 32.2. The van der Waals surface area contributed by atoms with Crippen LogP contribution in [0.2, 0.25) is 0 Å². The number of aromatic nitrogens is 1. The van der Waals surface area contributed by atoms with Gasteiger partial charge in [0.05, 0.1) is 10.5 Å². The predicted molar refractivity (Wildman–Crippen MR) is 86.8 cm³/mol. The first-order valence-corrected chi connectivity index (χ1v) is 8.09. The summed E-state index contributed by atoms with van der Waals surface area (Å²) in [5.74, 6) is 0.449. The molecule has 0 aliphatic carbocycles. The first-order valence-electron chi connectivity index (χ1n) is 7.10. The van der Waals surface area contributed by atoms with Gasteiger partial charge in [-0.1, -0.05) is 24.3 Å². The lowest BCUT2D eigenvalue weighted by Crippen LogP contribution is -2.40. The highest BCUT2D eigenvalue weighted by Crippen LogP contribution is 2.22. The van der Waals surface area contributed by atoms with E-state index in [1.54, 1.807) is 25.6 Å². The van der Waals surface area contributed by atoms with E-state index in [0.717, 1.165) is 15.9 Å². The van der Waals surface area contributed by atoms with Crippen LogP contribution in [0.5, 0.6) is 0 Å². The van der Waals surface area contributed by atoms with E-state index in [-0.39, 0.29) is 11.9 Å². The Morgan fingerprint density at radius 2 is 1.95 bits per heavy atom. The van der Waals surface area contributed by atoms with E-state index in [2.05, 4.69) is 10.3 Å². The van der Waals surface area contributed by atoms with Crippen molar-refractivity contribution in [2.45, 2.75) is 24.4 Å². The molecule has 2 aromatic rings. The second kappa shape index (κ2) is 5.61. The summed E-state index contributed by atoms with van der Waals surface area (Å²) in [6.45, 7) is 3.81. The molecule has 0 spiro atoms. The Hall–Kier alpha value is -2.08. The van der Waals surface area contributed by atoms with Gasteiger partial charge in [0, 0.05) is 17.7 Å². The summed E-state index contributed by atoms with van der Waals surface area (Å²) in [4.78, 5) is 29.7. The van der Waals surface area contributed by atoms with E-state index in [1.807, 2.05) is 36.4 Å². The van der Waals surface area contributed by atoms with Crippen molar-refractivity contribution in [1.29, 1.82) is 0 Å². The fraction of sp³-hybridized carbons (Fsp3) is 0.312. The molecule has 5 nitrogen and oxygen atoms in total. The van der Waals surface area contributed by atoms with Crippen LogP contribution in [0.25, 0.3) is 10.9 Å². The number of para-hydroxylation sites is 1. The number of imide groups is 1. The zero-order valence-corrected chi connectivity index (χ0v) is 13.3. The number of amides is 3. The number of nitrogens with zero attached hydrogens (tertiary/aromatic N) is 2. The Morgan fingerprint density at radius 3 is 2.68 bits per heavy atom. The van der Waals surface area contributed by atoms with Gasteiger partial charge in [-0.15, -0.1) is 11.8 Å². The minimum absolute atomic E-state index is 0.176. The first kappa shape index (κ1) is 14.8. The van der Waals surface area contributed by atoms with Gasteiger partial charge in [0.2, 0.25) is 0 Å². The second-order valence-corrected chi connectivity index (χ2v) is 6.82. The lowest BCUT2D eigenvalue weighted by molar-refractivity contribution is -0.130. The van der Waals surface area contributed by atoms with Crippen LogP contribution in [-0.2, 0) is 4.79 Å². The summed E-state index contributed by atoms with van der Waals surface area (Å²) in [5, 5.41) is 4.67. The summed E-state index contributed by atoms with van der Waals surface area (Å²) in [7, 11) is 0. The van der Waals surface area contributed by atoms with Crippen LogP contribution >= 0.6 is 11.8 Å². The molecule has 1 fully saturated rings. The van der Waals surface area contributed by atoms with Gasteiger partial charge in [-0.25, -0.2) is 9.78 Å². The smallest absolute Gasteiger partial charge is 0.324 e. The number of hydrogen-bond acceptors (Lipinski definition) is 4. The van der Waals surface area contributed by atoms with Crippen LogP contribution in [0.1, 0.15) is 13.8 Å². The van der Waals surface area contributed by atoms with E-state index in [0.29, 0.717) is 12.3 Å². The van der Waals surface area contributed by atoms with Gasteiger partial charge in [0.15, 0.2) is 0 Å². The number of nitrogens with one attached hydrogen (secondary N) is 1. The highest BCUT2D eigenvalue weighted by molar-refractivity contribution is 7.99. The second-order valence-electron chi connectivity index (χ2n) is 5.70. The SMILES string of the molecule is CC1(C)NC(=O)N(CCSc2ccc3ccccc3n2)C1=O. The van der Waals surface area contributed by atoms with Crippen molar-refractivity contribution in [1.82, 2.24) is 15.2 Å². The summed E-state index contributed by atoms with van der Waals surface area (Å²) >= 11 is 1.54. The molecule has 114 valence electrons. The van der Waals surface area contributed by atoms with Gasteiger partial charge in [-0.2, -0.15) is 0 Å². The lowest BCUT2D eigenvalue weighted by atomic mass is 10.1. The molecule has 3 amide bonds. The Balaban J connectivity index is 1.63. The average molecular weight is 315 g/mol. The fourth-order valence-corrected chi connectivity index (χ4v) is 3.20. The molecular weight excluding hydrogens is 298 g/mol. The Bertz CT molecular complexity index is 745. The third-order valence-corrected chi connectivity index (χ3v) is 4.49. The van der Waals surface area contributed by atoms with Gasteiger partial charge in [-0.3, -0.25) is 9.69 Å². The third-order valence-electron chi connectivity index (χ3n) is 3.58.